The van der Waals surface area contributed by atoms with Crippen molar-refractivity contribution in [2.45, 2.75) is 73.0 Å². The molecular weight excluding hydrogens is 277 g/mol. The summed E-state index contributed by atoms with van der Waals surface area (Å²) in [5, 5.41) is 0. The van der Waals surface area contributed by atoms with Crippen molar-refractivity contribution in [1.29, 1.82) is 0 Å². The quantitative estimate of drug-likeness (QED) is 0.635. The molecule has 0 atom stereocenters. The highest BCUT2D eigenvalue weighted by molar-refractivity contribution is 6.62. The molecule has 1 aliphatic heterocycles. The van der Waals surface area contributed by atoms with Crippen LogP contribution in [0.3, 0.4) is 0 Å². The minimum Gasteiger partial charge on any atom is -0.399 e. The number of hydrogen-bond donors (Lipinski definition) is 0. The fourth-order valence-corrected chi connectivity index (χ4v) is 2.12. The number of nitrogens with zero attached hydrogens (tertiary/aromatic N) is 1. The maximum Gasteiger partial charge on any atom is 0.496 e. The lowest BCUT2D eigenvalue weighted by Crippen LogP contribution is -2.41. The molecule has 2 heterocycles. The Morgan fingerprint density at radius 2 is 1.68 bits per heavy atom. The molecule has 2 rings (SSSR count). The molecule has 0 unspecified atom stereocenters. The van der Waals surface area contributed by atoms with Crippen molar-refractivity contribution in [2.24, 2.45) is 0 Å². The first kappa shape index (κ1) is 18.9. The predicted molar refractivity (Wildman–Crippen MR) is 90.7 cm³/mol. The van der Waals surface area contributed by atoms with Gasteiger partial charge in [0.2, 0.25) is 0 Å². The van der Waals surface area contributed by atoms with E-state index in [1.54, 1.807) is 6.20 Å². The van der Waals surface area contributed by atoms with Crippen LogP contribution in [0.2, 0.25) is 0 Å². The normalized spacial score (nSPS) is 18.6. The molecule has 1 saturated heterocycles. The Bertz CT molecular complexity index is 525. The van der Waals surface area contributed by atoms with E-state index in [1.165, 1.54) is 0 Å². The van der Waals surface area contributed by atoms with Crippen LogP contribution >= 0.6 is 0 Å². The van der Waals surface area contributed by atoms with Crippen molar-refractivity contribution in [3.63, 3.8) is 0 Å². The van der Waals surface area contributed by atoms with Gasteiger partial charge in [0.15, 0.2) is 5.78 Å². The van der Waals surface area contributed by atoms with Crippen LogP contribution < -0.4 is 5.46 Å². The molecule has 0 aliphatic carbocycles. The first-order valence-electron chi connectivity index (χ1n) is 8.03. The molecule has 1 fully saturated rings. The largest absolute Gasteiger partial charge is 0.496 e. The van der Waals surface area contributed by atoms with Gasteiger partial charge in [0.05, 0.1) is 11.2 Å². The summed E-state index contributed by atoms with van der Waals surface area (Å²) < 4.78 is 12.0. The second-order valence-corrected chi connectivity index (χ2v) is 6.29. The smallest absolute Gasteiger partial charge is 0.399 e. The molecule has 0 N–H and O–H groups in total. The molecule has 4 nitrogen and oxygen atoms in total. The van der Waals surface area contributed by atoms with Crippen molar-refractivity contribution in [1.82, 2.24) is 4.98 Å². The molecular formula is C17H28BNO3. The maximum atomic E-state index is 11.7. The minimum absolute atomic E-state index is 0.0496. The molecule has 0 radical (unpaired) electrons. The van der Waals surface area contributed by atoms with Crippen LogP contribution in [0.4, 0.5) is 0 Å². The lowest BCUT2D eigenvalue weighted by molar-refractivity contribution is 0.00578. The van der Waals surface area contributed by atoms with E-state index in [0.717, 1.165) is 11.0 Å². The van der Waals surface area contributed by atoms with Gasteiger partial charge < -0.3 is 9.31 Å². The van der Waals surface area contributed by atoms with E-state index in [1.807, 2.05) is 61.5 Å². The van der Waals surface area contributed by atoms with Crippen LogP contribution in [0.25, 0.3) is 0 Å². The highest BCUT2D eigenvalue weighted by Crippen LogP contribution is 2.36. The average molecular weight is 305 g/mol. The second-order valence-electron chi connectivity index (χ2n) is 6.29. The number of aromatic nitrogens is 1. The van der Waals surface area contributed by atoms with Gasteiger partial charge in [-0.3, -0.25) is 9.78 Å². The Morgan fingerprint density at radius 1 is 1.18 bits per heavy atom. The third-order valence-electron chi connectivity index (χ3n) is 4.27. The summed E-state index contributed by atoms with van der Waals surface area (Å²) in [6.07, 6.45) is 2.16. The maximum absolute atomic E-state index is 11.7. The Labute approximate surface area is 134 Å². The van der Waals surface area contributed by atoms with Gasteiger partial charge in [-0.15, -0.1) is 0 Å². The van der Waals surface area contributed by atoms with Gasteiger partial charge in [-0.2, -0.15) is 0 Å². The van der Waals surface area contributed by atoms with Gasteiger partial charge in [-0.05, 0) is 46.2 Å². The van der Waals surface area contributed by atoms with Crippen LogP contribution in [-0.2, 0) is 9.31 Å². The first-order valence-corrected chi connectivity index (χ1v) is 8.03. The lowest BCUT2D eigenvalue weighted by atomic mass is 9.77. The summed E-state index contributed by atoms with van der Waals surface area (Å²) in [6, 6.07) is 1.81. The Morgan fingerprint density at radius 3 is 2.09 bits per heavy atom. The van der Waals surface area contributed by atoms with Gasteiger partial charge >= 0.3 is 7.12 Å². The molecule has 0 aromatic carbocycles. The zero-order valence-electron chi connectivity index (χ0n) is 15.1. The van der Waals surface area contributed by atoms with E-state index in [-0.39, 0.29) is 17.0 Å². The van der Waals surface area contributed by atoms with Gasteiger partial charge in [0.1, 0.15) is 5.69 Å². The molecule has 1 aromatic heterocycles. The number of ketones is 1. The molecule has 0 spiro atoms. The summed E-state index contributed by atoms with van der Waals surface area (Å²) in [4.78, 5) is 15.9. The Hall–Kier alpha value is -1.20. The SMILES string of the molecule is CC.CCC(=O)c1cc(C)c(B2OC(C)(C)C(C)(C)O2)cn1. The lowest BCUT2D eigenvalue weighted by Gasteiger charge is -2.32. The molecule has 1 aliphatic rings. The van der Waals surface area contributed by atoms with E-state index in [0.29, 0.717) is 12.1 Å². The van der Waals surface area contributed by atoms with Crippen LogP contribution in [-0.4, -0.2) is 29.1 Å². The molecule has 5 heteroatoms. The van der Waals surface area contributed by atoms with Gasteiger partial charge in [0.25, 0.3) is 0 Å². The summed E-state index contributed by atoms with van der Waals surface area (Å²) in [5.74, 6) is 0.0496. The number of hydrogen-bond acceptors (Lipinski definition) is 4. The number of carbonyl (C=O) groups is 1. The van der Waals surface area contributed by atoms with Gasteiger partial charge in [-0.1, -0.05) is 20.8 Å². The number of carbonyl (C=O) groups excluding carboxylic acids is 1. The third kappa shape index (κ3) is 3.58. The number of Topliss-reactive ketones (excluding diaryl/α,β-unsaturated/α-hetero) is 1. The van der Waals surface area contributed by atoms with Crippen molar-refractivity contribution < 1.29 is 14.1 Å². The molecule has 122 valence electrons. The zero-order chi connectivity index (χ0) is 17.1. The Kier molecular flexibility index (Phi) is 5.93. The molecule has 22 heavy (non-hydrogen) atoms. The summed E-state index contributed by atoms with van der Waals surface area (Å²) >= 11 is 0. The van der Waals surface area contributed by atoms with Gasteiger partial charge in [0, 0.05) is 18.1 Å². The number of aryl methyl sites for hydroxylation is 1. The van der Waals surface area contributed by atoms with E-state index < -0.39 is 7.12 Å². The zero-order valence-corrected chi connectivity index (χ0v) is 15.1. The van der Waals surface area contributed by atoms with Crippen molar-refractivity contribution in [3.05, 3.63) is 23.5 Å². The Balaban J connectivity index is 0.00000116. The summed E-state index contributed by atoms with van der Waals surface area (Å²) in [7, 11) is -0.432. The average Bonchev–Trinajstić information content (AvgIpc) is 2.68. The number of rotatable bonds is 3. The molecule has 0 saturated carbocycles. The van der Waals surface area contributed by atoms with E-state index in [9.17, 15) is 4.79 Å². The summed E-state index contributed by atoms with van der Waals surface area (Å²) in [6.45, 7) is 15.9. The fraction of sp³-hybridized carbons (Fsp3) is 0.647. The van der Waals surface area contributed by atoms with Gasteiger partial charge in [-0.25, -0.2) is 0 Å². The summed E-state index contributed by atoms with van der Waals surface area (Å²) in [5.41, 5.74) is 1.61. The highest BCUT2D eigenvalue weighted by Gasteiger charge is 2.52. The minimum atomic E-state index is -0.432. The molecule has 0 bridgehead atoms. The van der Waals surface area contributed by atoms with E-state index >= 15 is 0 Å². The first-order chi connectivity index (χ1) is 10.2. The van der Waals surface area contributed by atoms with Crippen molar-refractivity contribution >= 4 is 18.4 Å². The number of pyridine rings is 1. The van der Waals surface area contributed by atoms with Crippen LogP contribution in [0.15, 0.2) is 12.3 Å². The van der Waals surface area contributed by atoms with Crippen LogP contribution in [0.1, 0.15) is 70.9 Å². The van der Waals surface area contributed by atoms with Crippen molar-refractivity contribution in [3.8, 4) is 0 Å². The fourth-order valence-electron chi connectivity index (χ4n) is 2.12. The van der Waals surface area contributed by atoms with E-state index in [4.69, 9.17) is 9.31 Å². The van der Waals surface area contributed by atoms with Crippen LogP contribution in [0.5, 0.6) is 0 Å². The third-order valence-corrected chi connectivity index (χ3v) is 4.27. The monoisotopic (exact) mass is 305 g/mol. The topological polar surface area (TPSA) is 48.4 Å². The second kappa shape index (κ2) is 6.92. The highest BCUT2D eigenvalue weighted by atomic mass is 16.7. The van der Waals surface area contributed by atoms with Crippen molar-refractivity contribution in [2.75, 3.05) is 0 Å². The predicted octanol–water partition coefficient (Wildman–Crippen LogP) is 3.31. The molecule has 1 aromatic rings. The van der Waals surface area contributed by atoms with E-state index in [2.05, 4.69) is 4.98 Å². The van der Waals surface area contributed by atoms with Crippen LogP contribution in [0, 0.1) is 6.92 Å². The molecule has 0 amide bonds. The standard InChI is InChI=1S/C15H22BNO3.C2H6/c1-7-13(18)12-8-10(2)11(9-17-12)16-19-14(3,4)15(5,6)20-16;1-2/h8-9H,7H2,1-6H3;1-2H3.